The topological polar surface area (TPSA) is 36.7 Å². The summed E-state index contributed by atoms with van der Waals surface area (Å²) in [6.07, 6.45) is 0.564. The minimum Gasteiger partial charge on any atom is -0.590 e. The average Bonchev–Trinajstić information content (AvgIpc) is 2.04. The molecule has 3 nitrogen and oxygen atoms in total. The highest BCUT2D eigenvalue weighted by molar-refractivity contribution is 5.34. The quantitative estimate of drug-likeness (QED) is 0.525. The van der Waals surface area contributed by atoms with Gasteiger partial charge >= 0.3 is 0 Å². The Balaban J connectivity index is 2.34. The lowest BCUT2D eigenvalue weighted by Gasteiger charge is -2.23. The molecule has 0 saturated heterocycles. The summed E-state index contributed by atoms with van der Waals surface area (Å²) in [7, 11) is 0. The molecule has 1 aliphatic heterocycles. The van der Waals surface area contributed by atoms with Crippen LogP contribution in [0.15, 0.2) is 24.3 Å². The Morgan fingerprint density at radius 3 is 3.18 bits per heavy atom. The normalized spacial score (nSPS) is 22.1. The lowest BCUT2D eigenvalue weighted by Crippen LogP contribution is -3.07. The summed E-state index contributed by atoms with van der Waals surface area (Å²) >= 11 is 0. The van der Waals surface area contributed by atoms with Crippen LogP contribution in [0.3, 0.4) is 0 Å². The highest BCUT2D eigenvalue weighted by Crippen LogP contribution is 2.18. The van der Waals surface area contributed by atoms with Crippen LogP contribution in [0.25, 0.3) is 0 Å². The fraction of sp³-hybridized carbons (Fsp3) is 0.125. The molecule has 0 spiro atoms. The van der Waals surface area contributed by atoms with Gasteiger partial charge in [-0.15, -0.1) is 0 Å². The molecular formula is C8H7NO2. The number of benzene rings is 1. The molecule has 1 atom stereocenters. The second-order valence-corrected chi connectivity index (χ2v) is 2.35. The lowest BCUT2D eigenvalue weighted by atomic mass is 10.1. The predicted molar refractivity (Wildman–Crippen MR) is 38.3 cm³/mol. The molecule has 1 aromatic carbocycles. The maximum atomic E-state index is 10.7. The first-order valence-electron chi connectivity index (χ1n) is 3.40. The lowest BCUT2D eigenvalue weighted by molar-refractivity contribution is -0.997. The number of nitrogens with one attached hydrogen (secondary N) is 1. The molecule has 0 aliphatic carbocycles. The van der Waals surface area contributed by atoms with Crippen LogP contribution in [0.1, 0.15) is 5.56 Å². The van der Waals surface area contributed by atoms with Gasteiger partial charge in [0.25, 0.3) is 6.54 Å². The SMILES string of the molecule is [O-][NH+]1[C]Cc2ccccc2O1. The summed E-state index contributed by atoms with van der Waals surface area (Å²) in [6, 6.07) is 7.47. The van der Waals surface area contributed by atoms with Gasteiger partial charge in [0.05, 0.1) is 0 Å². The van der Waals surface area contributed by atoms with E-state index in [2.05, 4.69) is 6.54 Å². The van der Waals surface area contributed by atoms with Crippen molar-refractivity contribution in [3.63, 3.8) is 0 Å². The van der Waals surface area contributed by atoms with Gasteiger partial charge in [0.2, 0.25) is 0 Å². The van der Waals surface area contributed by atoms with E-state index < -0.39 is 0 Å². The summed E-state index contributed by atoms with van der Waals surface area (Å²) in [5, 5.41) is 10.3. The van der Waals surface area contributed by atoms with Crippen LogP contribution in [-0.4, -0.2) is 0 Å². The van der Waals surface area contributed by atoms with Crippen LogP contribution in [-0.2, 0) is 6.42 Å². The number of hydrogen-bond acceptors (Lipinski definition) is 2. The van der Waals surface area contributed by atoms with Crippen molar-refractivity contribution < 1.29 is 10.1 Å². The van der Waals surface area contributed by atoms with Crippen LogP contribution in [0, 0.1) is 11.8 Å². The second-order valence-electron chi connectivity index (χ2n) is 2.35. The first-order valence-corrected chi connectivity index (χ1v) is 3.40. The largest absolute Gasteiger partial charge is 0.590 e. The van der Waals surface area contributed by atoms with E-state index in [-0.39, 0.29) is 5.23 Å². The first-order chi connectivity index (χ1) is 5.36. The third-order valence-electron chi connectivity index (χ3n) is 1.60. The Hall–Kier alpha value is -1.06. The minimum absolute atomic E-state index is 0.372. The molecule has 1 aromatic rings. The zero-order chi connectivity index (χ0) is 7.68. The molecule has 1 unspecified atom stereocenters. The van der Waals surface area contributed by atoms with Crippen molar-refractivity contribution in [1.82, 2.24) is 0 Å². The van der Waals surface area contributed by atoms with Gasteiger partial charge in [-0.1, -0.05) is 18.2 Å². The fourth-order valence-electron chi connectivity index (χ4n) is 1.05. The maximum absolute atomic E-state index is 10.7. The Kier molecular flexibility index (Phi) is 1.52. The smallest absolute Gasteiger partial charge is 0.271 e. The third-order valence-corrected chi connectivity index (χ3v) is 1.60. The number of rotatable bonds is 0. The van der Waals surface area contributed by atoms with Crippen molar-refractivity contribution >= 4 is 0 Å². The third kappa shape index (κ3) is 1.20. The zero-order valence-electron chi connectivity index (χ0n) is 5.83. The molecule has 0 saturated carbocycles. The molecule has 56 valence electrons. The average molecular weight is 149 g/mol. The van der Waals surface area contributed by atoms with Gasteiger partial charge < -0.3 is 10.0 Å². The molecule has 0 bridgehead atoms. The monoisotopic (exact) mass is 149 g/mol. The molecule has 2 radical (unpaired) electrons. The molecule has 2 rings (SSSR count). The molecule has 11 heavy (non-hydrogen) atoms. The van der Waals surface area contributed by atoms with Crippen molar-refractivity contribution in [3.05, 3.63) is 41.6 Å². The van der Waals surface area contributed by atoms with Crippen LogP contribution < -0.4 is 10.1 Å². The van der Waals surface area contributed by atoms with Gasteiger partial charge in [0.1, 0.15) is 0 Å². The standard InChI is InChI=1S/C8H7NO2/c10-9-6-5-7-3-1-2-4-8(7)11-9/h1-4,9H,5H2. The maximum Gasteiger partial charge on any atom is 0.271 e. The Morgan fingerprint density at radius 2 is 2.27 bits per heavy atom. The number of para-hydroxylation sites is 1. The minimum atomic E-state index is -0.372. The van der Waals surface area contributed by atoms with Crippen LogP contribution in [0.5, 0.6) is 5.75 Å². The van der Waals surface area contributed by atoms with Crippen LogP contribution in [0.2, 0.25) is 0 Å². The Labute approximate surface area is 64.7 Å². The highest BCUT2D eigenvalue weighted by atomic mass is 16.9. The van der Waals surface area contributed by atoms with Gasteiger partial charge in [-0.2, -0.15) is 5.23 Å². The van der Waals surface area contributed by atoms with Crippen molar-refractivity contribution in [2.24, 2.45) is 0 Å². The van der Waals surface area contributed by atoms with Gasteiger partial charge in [0, 0.05) is 12.0 Å². The van der Waals surface area contributed by atoms with E-state index in [1.807, 2.05) is 18.2 Å². The summed E-state index contributed by atoms with van der Waals surface area (Å²) in [5.74, 6) is 0.663. The number of quaternary nitrogens is 1. The molecule has 3 heteroatoms. The van der Waals surface area contributed by atoms with Gasteiger partial charge in [0.15, 0.2) is 5.75 Å². The van der Waals surface area contributed by atoms with E-state index in [0.717, 1.165) is 5.56 Å². The molecule has 0 aromatic heterocycles. The van der Waals surface area contributed by atoms with Gasteiger partial charge in [-0.25, -0.2) is 0 Å². The van der Waals surface area contributed by atoms with E-state index in [9.17, 15) is 5.21 Å². The number of hydroxylamine groups is 2. The van der Waals surface area contributed by atoms with E-state index in [1.54, 1.807) is 6.07 Å². The van der Waals surface area contributed by atoms with Crippen molar-refractivity contribution in [2.75, 3.05) is 0 Å². The summed E-state index contributed by atoms with van der Waals surface area (Å²) < 4.78 is 0. The van der Waals surface area contributed by atoms with E-state index in [4.69, 9.17) is 4.84 Å². The number of hydrogen-bond donors (Lipinski definition) is 1. The predicted octanol–water partition coefficient (Wildman–Crippen LogP) is -0.0420. The molecule has 1 heterocycles. The molecule has 0 fully saturated rings. The van der Waals surface area contributed by atoms with Crippen LogP contribution in [0.4, 0.5) is 0 Å². The highest BCUT2D eigenvalue weighted by Gasteiger charge is 2.16. The zero-order valence-corrected chi connectivity index (χ0v) is 5.83. The second kappa shape index (κ2) is 2.53. The first kappa shape index (κ1) is 6.64. The van der Waals surface area contributed by atoms with E-state index in [0.29, 0.717) is 12.2 Å². The van der Waals surface area contributed by atoms with Gasteiger partial charge in [-0.3, -0.25) is 0 Å². The van der Waals surface area contributed by atoms with E-state index >= 15 is 0 Å². The molecular weight excluding hydrogens is 142 g/mol. The molecule has 0 amide bonds. The molecule has 1 aliphatic rings. The molecule has 1 N–H and O–H groups in total. The van der Waals surface area contributed by atoms with Crippen molar-refractivity contribution in [2.45, 2.75) is 6.42 Å². The summed E-state index contributed by atoms with van der Waals surface area (Å²) in [5.41, 5.74) is 1.02. The Bertz CT molecular complexity index is 262. The summed E-state index contributed by atoms with van der Waals surface area (Å²) in [6.45, 7) is 2.58. The van der Waals surface area contributed by atoms with Gasteiger partial charge in [-0.05, 0) is 6.07 Å². The van der Waals surface area contributed by atoms with Crippen LogP contribution >= 0.6 is 0 Å². The fourth-order valence-corrected chi connectivity index (χ4v) is 1.05. The van der Waals surface area contributed by atoms with E-state index in [1.165, 1.54) is 0 Å². The Morgan fingerprint density at radius 1 is 1.45 bits per heavy atom. The van der Waals surface area contributed by atoms with Crippen molar-refractivity contribution in [1.29, 1.82) is 0 Å². The number of fused-ring (bicyclic) bond motifs is 1. The summed E-state index contributed by atoms with van der Waals surface area (Å²) in [4.78, 5) is 4.88. The van der Waals surface area contributed by atoms with Crippen molar-refractivity contribution in [3.8, 4) is 5.75 Å².